The molecule has 5 heteroatoms. The van der Waals surface area contributed by atoms with Crippen molar-refractivity contribution in [1.29, 1.82) is 0 Å². The summed E-state index contributed by atoms with van der Waals surface area (Å²) in [7, 11) is 0. The van der Waals surface area contributed by atoms with Crippen molar-refractivity contribution in [2.45, 2.75) is 30.4 Å². The first-order valence-corrected chi connectivity index (χ1v) is 8.12. The number of hydrogen-bond donors (Lipinski definition) is 2. The van der Waals surface area contributed by atoms with Gasteiger partial charge in [-0.05, 0) is 41.1 Å². The number of benzene rings is 1. The maximum atomic E-state index is 13.5. The Balaban J connectivity index is 2.08. The summed E-state index contributed by atoms with van der Waals surface area (Å²) in [6, 6.07) is 3.07. The number of nitrogens with two attached hydrogens (primary N) is 1. The van der Waals surface area contributed by atoms with Crippen molar-refractivity contribution >= 4 is 39.1 Å². The first-order valence-electron chi connectivity index (χ1n) is 6.10. The van der Waals surface area contributed by atoms with Crippen LogP contribution in [0.15, 0.2) is 16.6 Å². The van der Waals surface area contributed by atoms with Crippen molar-refractivity contribution in [3.63, 3.8) is 0 Å². The van der Waals surface area contributed by atoms with Gasteiger partial charge in [0.1, 0.15) is 5.82 Å². The molecule has 0 bridgehead atoms. The molecule has 18 heavy (non-hydrogen) atoms. The quantitative estimate of drug-likeness (QED) is 0.809. The number of anilines is 2. The van der Waals surface area contributed by atoms with Crippen LogP contribution in [0.4, 0.5) is 15.8 Å². The lowest BCUT2D eigenvalue weighted by molar-refractivity contribution is 0.619. The van der Waals surface area contributed by atoms with Crippen molar-refractivity contribution in [3.05, 3.63) is 22.4 Å². The molecule has 0 unspecified atom stereocenters. The summed E-state index contributed by atoms with van der Waals surface area (Å²) in [6.07, 6.45) is 7.16. The van der Waals surface area contributed by atoms with Gasteiger partial charge in [0.25, 0.3) is 0 Å². The van der Waals surface area contributed by atoms with E-state index in [0.29, 0.717) is 15.8 Å². The van der Waals surface area contributed by atoms with Gasteiger partial charge in [0.05, 0.1) is 15.8 Å². The summed E-state index contributed by atoms with van der Waals surface area (Å²) in [5.41, 5.74) is 7.17. The number of rotatable bonds is 4. The van der Waals surface area contributed by atoms with E-state index in [1.54, 1.807) is 6.07 Å². The number of nitrogen functional groups attached to an aromatic ring is 1. The molecule has 0 spiro atoms. The summed E-state index contributed by atoms with van der Waals surface area (Å²) in [5, 5.41) is 3.31. The predicted octanol–water partition coefficient (Wildman–Crippen LogP) is 4.26. The highest BCUT2D eigenvalue weighted by molar-refractivity contribution is 9.10. The van der Waals surface area contributed by atoms with Gasteiger partial charge in [0.2, 0.25) is 0 Å². The summed E-state index contributed by atoms with van der Waals surface area (Å²) in [5.74, 6) is -0.281. The van der Waals surface area contributed by atoms with Gasteiger partial charge >= 0.3 is 0 Å². The highest BCUT2D eigenvalue weighted by Crippen LogP contribution is 2.40. The molecule has 0 radical (unpaired) electrons. The van der Waals surface area contributed by atoms with Gasteiger partial charge in [0, 0.05) is 17.4 Å². The minimum atomic E-state index is -0.281. The molecule has 3 N–H and O–H groups in total. The zero-order valence-corrected chi connectivity index (χ0v) is 12.8. The zero-order valence-electron chi connectivity index (χ0n) is 10.4. The SMILES string of the molecule is CSC1(CNc2cc(F)c(Br)cc2N)CCCC1. The van der Waals surface area contributed by atoms with Crippen LogP contribution in [0.2, 0.25) is 0 Å². The number of hydrogen-bond acceptors (Lipinski definition) is 3. The maximum absolute atomic E-state index is 13.5. The lowest BCUT2D eigenvalue weighted by atomic mass is 10.1. The van der Waals surface area contributed by atoms with Crippen molar-refractivity contribution in [1.82, 2.24) is 0 Å². The van der Waals surface area contributed by atoms with E-state index in [1.807, 2.05) is 11.8 Å². The van der Waals surface area contributed by atoms with Crippen molar-refractivity contribution in [2.75, 3.05) is 23.9 Å². The van der Waals surface area contributed by atoms with Crippen LogP contribution in [0, 0.1) is 5.82 Å². The first kappa shape index (κ1) is 14.0. The number of halogens is 2. The van der Waals surface area contributed by atoms with E-state index in [4.69, 9.17) is 5.73 Å². The van der Waals surface area contributed by atoms with Crippen LogP contribution < -0.4 is 11.1 Å². The highest BCUT2D eigenvalue weighted by Gasteiger charge is 2.32. The van der Waals surface area contributed by atoms with Gasteiger partial charge in [-0.15, -0.1) is 0 Å². The Morgan fingerprint density at radius 2 is 2.11 bits per heavy atom. The van der Waals surface area contributed by atoms with E-state index in [-0.39, 0.29) is 10.6 Å². The molecule has 0 heterocycles. The van der Waals surface area contributed by atoms with Gasteiger partial charge < -0.3 is 11.1 Å². The molecule has 1 saturated carbocycles. The lowest BCUT2D eigenvalue weighted by Gasteiger charge is -2.27. The van der Waals surface area contributed by atoms with E-state index in [2.05, 4.69) is 27.5 Å². The molecule has 100 valence electrons. The topological polar surface area (TPSA) is 38.0 Å². The summed E-state index contributed by atoms with van der Waals surface area (Å²) in [4.78, 5) is 0. The molecule has 1 aromatic rings. The molecule has 0 aliphatic heterocycles. The molecule has 0 amide bonds. The fraction of sp³-hybridized carbons (Fsp3) is 0.538. The maximum Gasteiger partial charge on any atom is 0.139 e. The Kier molecular flexibility index (Phi) is 4.43. The van der Waals surface area contributed by atoms with E-state index in [1.165, 1.54) is 31.7 Å². The monoisotopic (exact) mass is 332 g/mol. The Morgan fingerprint density at radius 3 is 2.72 bits per heavy atom. The van der Waals surface area contributed by atoms with Crippen LogP contribution in [0.5, 0.6) is 0 Å². The molecular formula is C13H18BrFN2S. The van der Waals surface area contributed by atoms with Crippen LogP contribution >= 0.6 is 27.7 Å². The standard InChI is InChI=1S/C13H18BrFN2S/c1-18-13(4-2-3-5-13)8-17-12-7-10(15)9(14)6-11(12)16/h6-7,17H,2-5,8,16H2,1H3. The highest BCUT2D eigenvalue weighted by atomic mass is 79.9. The molecule has 2 nitrogen and oxygen atoms in total. The third-order valence-electron chi connectivity index (χ3n) is 3.64. The first-order chi connectivity index (χ1) is 8.56. The van der Waals surface area contributed by atoms with Crippen molar-refractivity contribution in [3.8, 4) is 0 Å². The molecule has 1 aliphatic carbocycles. The van der Waals surface area contributed by atoms with Crippen LogP contribution in [-0.2, 0) is 0 Å². The predicted molar refractivity (Wildman–Crippen MR) is 81.7 cm³/mol. The molecular weight excluding hydrogens is 315 g/mol. The van der Waals surface area contributed by atoms with Crippen LogP contribution in [0.1, 0.15) is 25.7 Å². The van der Waals surface area contributed by atoms with Crippen LogP contribution in [0.3, 0.4) is 0 Å². The molecule has 1 fully saturated rings. The number of nitrogens with one attached hydrogen (secondary N) is 1. The van der Waals surface area contributed by atoms with E-state index in [0.717, 1.165) is 6.54 Å². The van der Waals surface area contributed by atoms with E-state index >= 15 is 0 Å². The molecule has 1 aliphatic rings. The van der Waals surface area contributed by atoms with E-state index < -0.39 is 0 Å². The van der Waals surface area contributed by atoms with Crippen LogP contribution in [0.25, 0.3) is 0 Å². The molecule has 1 aromatic carbocycles. The van der Waals surface area contributed by atoms with Crippen LogP contribution in [-0.4, -0.2) is 17.5 Å². The third-order valence-corrected chi connectivity index (χ3v) is 5.67. The molecule has 0 aromatic heterocycles. The average Bonchev–Trinajstić information content (AvgIpc) is 2.82. The third kappa shape index (κ3) is 2.94. The zero-order chi connectivity index (χ0) is 13.2. The van der Waals surface area contributed by atoms with E-state index in [9.17, 15) is 4.39 Å². The fourth-order valence-electron chi connectivity index (χ4n) is 2.44. The molecule has 0 atom stereocenters. The van der Waals surface area contributed by atoms with Crippen molar-refractivity contribution < 1.29 is 4.39 Å². The van der Waals surface area contributed by atoms with Gasteiger partial charge in [-0.25, -0.2) is 4.39 Å². The average molecular weight is 333 g/mol. The Labute approximate surface area is 120 Å². The summed E-state index contributed by atoms with van der Waals surface area (Å²) in [6.45, 7) is 0.847. The van der Waals surface area contributed by atoms with Gasteiger partial charge in [0.15, 0.2) is 0 Å². The second-order valence-corrected chi connectivity index (χ2v) is 6.93. The lowest BCUT2D eigenvalue weighted by Crippen LogP contribution is -2.30. The Morgan fingerprint density at radius 1 is 1.44 bits per heavy atom. The summed E-state index contributed by atoms with van der Waals surface area (Å²) < 4.78 is 14.2. The van der Waals surface area contributed by atoms with Gasteiger partial charge in [-0.3, -0.25) is 0 Å². The summed E-state index contributed by atoms with van der Waals surface area (Å²) >= 11 is 5.04. The van der Waals surface area contributed by atoms with Gasteiger partial charge in [-0.2, -0.15) is 11.8 Å². The normalized spacial score (nSPS) is 17.9. The minimum Gasteiger partial charge on any atom is -0.397 e. The smallest absolute Gasteiger partial charge is 0.139 e. The second-order valence-electron chi connectivity index (χ2n) is 4.80. The Hall–Kier alpha value is -0.420. The molecule has 0 saturated heterocycles. The molecule has 2 rings (SSSR count). The second kappa shape index (κ2) is 5.70. The van der Waals surface area contributed by atoms with Gasteiger partial charge in [-0.1, -0.05) is 12.8 Å². The van der Waals surface area contributed by atoms with Crippen molar-refractivity contribution in [2.24, 2.45) is 0 Å². The number of thioether (sulfide) groups is 1. The largest absolute Gasteiger partial charge is 0.397 e. The Bertz CT molecular complexity index is 433. The fourth-order valence-corrected chi connectivity index (χ4v) is 3.72. The minimum absolute atomic E-state index is 0.281.